The van der Waals surface area contributed by atoms with Crippen LogP contribution in [0.4, 0.5) is 4.79 Å². The largest absolute Gasteiger partial charge is 0.462 e. The molecule has 414 valence electrons. The topological polar surface area (TPSA) is 185 Å². The number of esters is 5. The molecule has 0 heterocycles. The summed E-state index contributed by atoms with van der Waals surface area (Å²) in [5, 5.41) is 10.5. The molecule has 4 fully saturated rings. The van der Waals surface area contributed by atoms with Gasteiger partial charge in [0.2, 0.25) is 0 Å². The predicted molar refractivity (Wildman–Crippen MR) is 279 cm³/mol. The first kappa shape index (κ1) is 61.6. The zero-order valence-electron chi connectivity index (χ0n) is 44.7. The Morgan fingerprint density at radius 1 is 0.472 bits per heavy atom. The molecule has 0 saturated heterocycles. The fourth-order valence-corrected chi connectivity index (χ4v) is 11.6. The van der Waals surface area contributed by atoms with Crippen LogP contribution >= 0.6 is 11.8 Å². The second kappa shape index (κ2) is 37.7. The van der Waals surface area contributed by atoms with Gasteiger partial charge in [-0.2, -0.15) is 0 Å². The number of hydrogen-bond donors (Lipinski definition) is 1. The molecule has 0 aliphatic heterocycles. The van der Waals surface area contributed by atoms with E-state index >= 15 is 0 Å². The van der Waals surface area contributed by atoms with Crippen LogP contribution in [0, 0.1) is 23.7 Å². The summed E-state index contributed by atoms with van der Waals surface area (Å²) >= 11 is 1.20. The van der Waals surface area contributed by atoms with E-state index in [0.717, 1.165) is 90.0 Å². The number of carbonyl (C=O) groups is 6. The van der Waals surface area contributed by atoms with Crippen molar-refractivity contribution in [3.8, 4) is 0 Å². The van der Waals surface area contributed by atoms with Gasteiger partial charge in [-0.3, -0.25) is 28.8 Å². The molecule has 0 bridgehead atoms. The summed E-state index contributed by atoms with van der Waals surface area (Å²) in [6.45, 7) is 0.553. The van der Waals surface area contributed by atoms with Crippen molar-refractivity contribution in [3.05, 3.63) is 0 Å². The van der Waals surface area contributed by atoms with Crippen molar-refractivity contribution in [3.63, 3.8) is 0 Å². The zero-order chi connectivity index (χ0) is 51.6. The highest BCUT2D eigenvalue weighted by atomic mass is 32.2. The summed E-state index contributed by atoms with van der Waals surface area (Å²) in [7, 11) is 3.95. The molecule has 0 radical (unpaired) electrons. The maximum absolute atomic E-state index is 13.6. The van der Waals surface area contributed by atoms with Crippen molar-refractivity contribution < 1.29 is 62.3 Å². The number of rotatable bonds is 35. The van der Waals surface area contributed by atoms with E-state index < -0.39 is 30.4 Å². The number of aliphatic hydroxyl groups excluding tert-OH is 1. The number of thioether (sulfide) groups is 1. The number of nitrogens with zero attached hydrogens (tertiary/aromatic N) is 2. The van der Waals surface area contributed by atoms with Gasteiger partial charge in [0.05, 0.1) is 6.61 Å². The lowest BCUT2D eigenvalue weighted by molar-refractivity contribution is -0.173. The van der Waals surface area contributed by atoms with Crippen LogP contribution in [-0.4, -0.2) is 134 Å². The van der Waals surface area contributed by atoms with Gasteiger partial charge in [-0.25, -0.2) is 0 Å². The Hall–Kier alpha value is -2.95. The van der Waals surface area contributed by atoms with Crippen LogP contribution in [0.3, 0.4) is 0 Å². The molecule has 4 aliphatic rings. The van der Waals surface area contributed by atoms with Crippen LogP contribution in [0.25, 0.3) is 0 Å². The molecule has 2 unspecified atom stereocenters. The third-order valence-electron chi connectivity index (χ3n) is 15.2. The van der Waals surface area contributed by atoms with Crippen LogP contribution in [-0.2, 0) is 52.4 Å². The third-order valence-corrected chi connectivity index (χ3v) is 16.2. The summed E-state index contributed by atoms with van der Waals surface area (Å²) in [5.41, 5.74) is 0. The maximum atomic E-state index is 13.6. The molecule has 4 aliphatic carbocycles. The Kier molecular flexibility index (Phi) is 32.3. The van der Waals surface area contributed by atoms with Crippen LogP contribution in [0.5, 0.6) is 0 Å². The summed E-state index contributed by atoms with van der Waals surface area (Å²) in [5.74, 6) is 0.566. The van der Waals surface area contributed by atoms with E-state index in [0.29, 0.717) is 42.3 Å². The van der Waals surface area contributed by atoms with Crippen molar-refractivity contribution in [2.24, 2.45) is 23.7 Å². The average Bonchev–Trinajstić information content (AvgIpc) is 3.39. The van der Waals surface area contributed by atoms with Gasteiger partial charge in [-0.05, 0) is 95.7 Å². The molecule has 2 atom stereocenters. The van der Waals surface area contributed by atoms with Gasteiger partial charge in [0.15, 0.2) is 18.5 Å². The van der Waals surface area contributed by atoms with Gasteiger partial charge in [0.25, 0.3) is 5.24 Å². The average molecular weight is 1040 g/mol. The monoisotopic (exact) mass is 1040 g/mol. The normalized spacial score (nSPS) is 18.3. The Labute approximate surface area is 437 Å². The highest BCUT2D eigenvalue weighted by molar-refractivity contribution is 8.13. The minimum absolute atomic E-state index is 0.0199. The van der Waals surface area contributed by atoms with Crippen molar-refractivity contribution in [2.45, 2.75) is 230 Å². The van der Waals surface area contributed by atoms with Gasteiger partial charge in [0, 0.05) is 50.9 Å². The molecule has 0 aromatic carbocycles. The van der Waals surface area contributed by atoms with Crippen molar-refractivity contribution in [2.75, 3.05) is 65.9 Å². The van der Waals surface area contributed by atoms with Crippen LogP contribution < -0.4 is 0 Å². The molecule has 0 spiro atoms. The first-order valence-corrected chi connectivity index (χ1v) is 29.6. The van der Waals surface area contributed by atoms with E-state index in [1.165, 1.54) is 88.8 Å². The van der Waals surface area contributed by atoms with Crippen molar-refractivity contribution in [1.29, 1.82) is 0 Å². The predicted octanol–water partition coefficient (Wildman–Crippen LogP) is 10.9. The number of amides is 1. The molecule has 16 heteroatoms. The molecular formula is C56H96N2O13S. The van der Waals surface area contributed by atoms with E-state index in [1.807, 2.05) is 14.1 Å². The Morgan fingerprint density at radius 2 is 0.847 bits per heavy atom. The van der Waals surface area contributed by atoms with E-state index in [2.05, 4.69) is 4.90 Å². The molecule has 0 aromatic rings. The maximum Gasteiger partial charge on any atom is 0.306 e. The number of hydrogen-bond acceptors (Lipinski definition) is 15. The minimum Gasteiger partial charge on any atom is -0.462 e. The summed E-state index contributed by atoms with van der Waals surface area (Å²) < 4.78 is 34.1. The lowest BCUT2D eigenvalue weighted by Gasteiger charge is -2.24. The van der Waals surface area contributed by atoms with E-state index in [4.69, 9.17) is 28.4 Å². The molecule has 72 heavy (non-hydrogen) atoms. The van der Waals surface area contributed by atoms with Gasteiger partial charge in [0.1, 0.15) is 19.8 Å². The standard InChI is InChI=1S/C56H96N2O13S/c1-57(2)36-17-39-72-56(65)58(37-15-26-54(63)70-48(40-66-50(59)32-28-44-18-7-3-8-19-44)41-67-51(60)33-29-45-20-9-4-10-21-45)38-16-27-55(64)71-49(42-68-52(61)34-30-46-22-11-5-12-23-46)43-69-53(62)35-31-47-24-13-6-14-25-47/h44-50,59H,3-43H2,1-2H3. The molecular weight excluding hydrogens is 941 g/mol. The van der Waals surface area contributed by atoms with Crippen molar-refractivity contribution in [1.82, 2.24) is 9.80 Å². The molecule has 0 aromatic heterocycles. The number of aliphatic hydroxyl groups is 1. The summed E-state index contributed by atoms with van der Waals surface area (Å²) in [4.78, 5) is 82.3. The van der Waals surface area contributed by atoms with Gasteiger partial charge < -0.3 is 43.3 Å². The zero-order valence-corrected chi connectivity index (χ0v) is 45.5. The lowest BCUT2D eigenvalue weighted by atomic mass is 9.86. The van der Waals surface area contributed by atoms with Gasteiger partial charge in [-0.1, -0.05) is 140 Å². The third kappa shape index (κ3) is 29.2. The second-order valence-electron chi connectivity index (χ2n) is 21.7. The van der Waals surface area contributed by atoms with Crippen LogP contribution in [0.15, 0.2) is 0 Å². The van der Waals surface area contributed by atoms with E-state index in [-0.39, 0.29) is 101 Å². The second-order valence-corrected chi connectivity index (χ2v) is 22.8. The first-order valence-electron chi connectivity index (χ1n) is 28.6. The van der Waals surface area contributed by atoms with Gasteiger partial charge in [-0.15, -0.1) is 0 Å². The molecule has 4 saturated carbocycles. The fraction of sp³-hybridized carbons (Fsp3) is 0.893. The summed E-state index contributed by atoms with van der Waals surface area (Å²) in [6.07, 6.45) is 26.5. The van der Waals surface area contributed by atoms with Gasteiger partial charge >= 0.3 is 29.8 Å². The molecule has 4 rings (SSSR count). The van der Waals surface area contributed by atoms with Crippen LogP contribution in [0.1, 0.15) is 212 Å². The quantitative estimate of drug-likeness (QED) is 0.0273. The summed E-state index contributed by atoms with van der Waals surface area (Å²) in [6, 6.07) is 0. The lowest BCUT2D eigenvalue weighted by Crippen LogP contribution is -2.33. The first-order chi connectivity index (χ1) is 34.9. The minimum atomic E-state index is -1.02. The molecule has 1 amide bonds. The SMILES string of the molecule is CN(C)CCCSC(=O)N(CCCC(=O)OC(COC(=O)CCC1CCCCC1)COC(=O)CCC1CCCCC1)CCCC(=O)OC(COC(=O)CCC1CCCCC1)COC(O)CCC1CCCCC1. The highest BCUT2D eigenvalue weighted by Crippen LogP contribution is 2.30. The molecule has 15 nitrogen and oxygen atoms in total. The Balaban J connectivity index is 1.27. The van der Waals surface area contributed by atoms with E-state index in [1.54, 1.807) is 4.90 Å². The number of ether oxygens (including phenoxy) is 6. The van der Waals surface area contributed by atoms with E-state index in [9.17, 15) is 33.9 Å². The fourth-order valence-electron chi connectivity index (χ4n) is 10.8. The molecule has 1 N–H and O–H groups in total. The van der Waals surface area contributed by atoms with Crippen LogP contribution in [0.2, 0.25) is 0 Å². The smallest absolute Gasteiger partial charge is 0.306 e. The Bertz CT molecular complexity index is 1490. The van der Waals surface area contributed by atoms with Crippen molar-refractivity contribution >= 4 is 46.8 Å². The highest BCUT2D eigenvalue weighted by Gasteiger charge is 2.25. The number of carbonyl (C=O) groups excluding carboxylic acids is 6. The Morgan fingerprint density at radius 3 is 1.24 bits per heavy atom.